The van der Waals surface area contributed by atoms with Gasteiger partial charge in [-0.2, -0.15) is 5.10 Å². The Kier molecular flexibility index (Phi) is 3.78. The minimum absolute atomic E-state index is 0.383. The SMILES string of the molecule is Cn1nccc1CCC(O)c1cc(Br)cs1. The number of rotatable bonds is 4. The van der Waals surface area contributed by atoms with Crippen LogP contribution in [0, 0.1) is 0 Å². The Morgan fingerprint density at radius 1 is 1.62 bits per heavy atom. The number of aliphatic hydroxyl groups is 1. The van der Waals surface area contributed by atoms with Gasteiger partial charge in [0.1, 0.15) is 0 Å². The van der Waals surface area contributed by atoms with E-state index in [2.05, 4.69) is 21.0 Å². The molecule has 0 radical (unpaired) electrons. The van der Waals surface area contributed by atoms with Crippen molar-refractivity contribution >= 4 is 27.3 Å². The minimum Gasteiger partial charge on any atom is -0.388 e. The van der Waals surface area contributed by atoms with E-state index in [1.807, 2.05) is 29.2 Å². The fraction of sp³-hybridized carbons (Fsp3) is 0.364. The highest BCUT2D eigenvalue weighted by atomic mass is 79.9. The Balaban J connectivity index is 1.93. The summed E-state index contributed by atoms with van der Waals surface area (Å²) in [5.41, 5.74) is 1.15. The Bertz CT molecular complexity index is 466. The normalized spacial score (nSPS) is 12.9. The monoisotopic (exact) mass is 300 g/mol. The number of thiophene rings is 1. The third kappa shape index (κ3) is 2.72. The summed E-state index contributed by atoms with van der Waals surface area (Å²) in [7, 11) is 1.92. The maximum absolute atomic E-state index is 9.98. The zero-order valence-electron chi connectivity index (χ0n) is 8.93. The number of aryl methyl sites for hydroxylation is 2. The molecule has 1 N–H and O–H groups in total. The molecular weight excluding hydrogens is 288 g/mol. The van der Waals surface area contributed by atoms with Crippen LogP contribution in [-0.4, -0.2) is 14.9 Å². The molecule has 86 valence electrons. The van der Waals surface area contributed by atoms with Gasteiger partial charge in [-0.15, -0.1) is 11.3 Å². The van der Waals surface area contributed by atoms with Crippen LogP contribution in [-0.2, 0) is 13.5 Å². The van der Waals surface area contributed by atoms with Crippen molar-refractivity contribution in [3.05, 3.63) is 38.8 Å². The van der Waals surface area contributed by atoms with E-state index in [9.17, 15) is 5.11 Å². The van der Waals surface area contributed by atoms with Gasteiger partial charge in [-0.25, -0.2) is 0 Å². The van der Waals surface area contributed by atoms with Crippen molar-refractivity contribution < 1.29 is 5.11 Å². The summed E-state index contributed by atoms with van der Waals surface area (Å²) in [6, 6.07) is 3.95. The molecule has 0 aliphatic rings. The molecule has 3 nitrogen and oxygen atoms in total. The van der Waals surface area contributed by atoms with E-state index in [0.29, 0.717) is 0 Å². The third-order valence-corrected chi connectivity index (χ3v) is 4.31. The van der Waals surface area contributed by atoms with Gasteiger partial charge in [-0.3, -0.25) is 4.68 Å². The first-order chi connectivity index (χ1) is 7.66. The number of nitrogens with zero attached hydrogens (tertiary/aromatic N) is 2. The standard InChI is InChI=1S/C11H13BrN2OS/c1-14-9(4-5-13-14)2-3-10(15)11-6-8(12)7-16-11/h4-7,10,15H,2-3H2,1H3. The van der Waals surface area contributed by atoms with Crippen LogP contribution < -0.4 is 0 Å². The highest BCUT2D eigenvalue weighted by Gasteiger charge is 2.11. The Morgan fingerprint density at radius 2 is 2.44 bits per heavy atom. The van der Waals surface area contributed by atoms with Crippen LogP contribution in [0.25, 0.3) is 0 Å². The van der Waals surface area contributed by atoms with Crippen LogP contribution in [0.4, 0.5) is 0 Å². The molecular formula is C11H13BrN2OS. The molecule has 2 aromatic rings. The summed E-state index contributed by atoms with van der Waals surface area (Å²) >= 11 is 4.97. The maximum atomic E-state index is 9.98. The molecule has 0 aliphatic heterocycles. The third-order valence-electron chi connectivity index (χ3n) is 2.51. The molecule has 0 amide bonds. The largest absolute Gasteiger partial charge is 0.388 e. The molecule has 0 spiro atoms. The molecule has 5 heteroatoms. The number of aromatic nitrogens is 2. The van der Waals surface area contributed by atoms with E-state index < -0.39 is 0 Å². The van der Waals surface area contributed by atoms with E-state index in [0.717, 1.165) is 27.9 Å². The second-order valence-corrected chi connectivity index (χ2v) is 5.53. The molecule has 0 saturated carbocycles. The first-order valence-corrected chi connectivity index (χ1v) is 6.73. The Labute approximate surface area is 107 Å². The Morgan fingerprint density at radius 3 is 3.00 bits per heavy atom. The zero-order valence-corrected chi connectivity index (χ0v) is 11.3. The van der Waals surface area contributed by atoms with Crippen molar-refractivity contribution in [2.24, 2.45) is 7.05 Å². The summed E-state index contributed by atoms with van der Waals surface area (Å²) in [4.78, 5) is 1.01. The van der Waals surface area contributed by atoms with Crippen molar-refractivity contribution in [1.82, 2.24) is 9.78 Å². The van der Waals surface area contributed by atoms with Gasteiger partial charge in [0, 0.05) is 33.7 Å². The minimum atomic E-state index is -0.383. The average Bonchev–Trinajstić information content (AvgIpc) is 2.84. The number of halogens is 1. The first-order valence-electron chi connectivity index (χ1n) is 5.05. The second kappa shape index (κ2) is 5.12. The van der Waals surface area contributed by atoms with Crippen LogP contribution in [0.2, 0.25) is 0 Å². The number of aliphatic hydroxyl groups excluding tert-OH is 1. The van der Waals surface area contributed by atoms with Gasteiger partial charge in [0.05, 0.1) is 6.10 Å². The van der Waals surface area contributed by atoms with E-state index in [-0.39, 0.29) is 6.10 Å². The molecule has 1 atom stereocenters. The summed E-state index contributed by atoms with van der Waals surface area (Å²) in [5, 5.41) is 16.1. The summed E-state index contributed by atoms with van der Waals surface area (Å²) in [6.07, 6.45) is 2.97. The van der Waals surface area contributed by atoms with Gasteiger partial charge in [0.2, 0.25) is 0 Å². The molecule has 0 aromatic carbocycles. The highest BCUT2D eigenvalue weighted by molar-refractivity contribution is 9.10. The van der Waals surface area contributed by atoms with E-state index in [1.54, 1.807) is 17.5 Å². The van der Waals surface area contributed by atoms with Gasteiger partial charge >= 0.3 is 0 Å². The first kappa shape index (κ1) is 11.8. The number of hydrogen-bond donors (Lipinski definition) is 1. The predicted octanol–water partition coefficient (Wildman–Crippen LogP) is 2.91. The van der Waals surface area contributed by atoms with Gasteiger partial charge < -0.3 is 5.11 Å². The topological polar surface area (TPSA) is 38.0 Å². The molecule has 16 heavy (non-hydrogen) atoms. The predicted molar refractivity (Wildman–Crippen MR) is 68.5 cm³/mol. The molecule has 0 bridgehead atoms. The van der Waals surface area contributed by atoms with Gasteiger partial charge in [0.25, 0.3) is 0 Å². The lowest BCUT2D eigenvalue weighted by molar-refractivity contribution is 0.171. The number of hydrogen-bond acceptors (Lipinski definition) is 3. The summed E-state index contributed by atoms with van der Waals surface area (Å²) in [5.74, 6) is 0. The van der Waals surface area contributed by atoms with Crippen molar-refractivity contribution in [3.8, 4) is 0 Å². The van der Waals surface area contributed by atoms with E-state index in [4.69, 9.17) is 0 Å². The average molecular weight is 301 g/mol. The molecule has 1 unspecified atom stereocenters. The zero-order chi connectivity index (χ0) is 11.5. The lowest BCUT2D eigenvalue weighted by Crippen LogP contribution is -2.02. The fourth-order valence-electron chi connectivity index (χ4n) is 1.58. The van der Waals surface area contributed by atoms with Crippen molar-refractivity contribution in [2.45, 2.75) is 18.9 Å². The van der Waals surface area contributed by atoms with E-state index in [1.165, 1.54) is 0 Å². The fourth-order valence-corrected chi connectivity index (χ4v) is 3.04. The molecule has 0 saturated heterocycles. The quantitative estimate of drug-likeness (QED) is 0.943. The van der Waals surface area contributed by atoms with E-state index >= 15 is 0 Å². The van der Waals surface area contributed by atoms with Crippen molar-refractivity contribution in [3.63, 3.8) is 0 Å². The Hall–Kier alpha value is -0.650. The van der Waals surface area contributed by atoms with Crippen molar-refractivity contribution in [1.29, 1.82) is 0 Å². The van der Waals surface area contributed by atoms with Gasteiger partial charge in [-0.1, -0.05) is 0 Å². The molecule has 0 fully saturated rings. The lowest BCUT2D eigenvalue weighted by atomic mass is 10.1. The molecule has 2 aromatic heterocycles. The van der Waals surface area contributed by atoms with Gasteiger partial charge in [-0.05, 0) is 40.9 Å². The van der Waals surface area contributed by atoms with Crippen LogP contribution in [0.3, 0.4) is 0 Å². The lowest BCUT2D eigenvalue weighted by Gasteiger charge is -2.08. The van der Waals surface area contributed by atoms with Crippen LogP contribution in [0.5, 0.6) is 0 Å². The summed E-state index contributed by atoms with van der Waals surface area (Å²) < 4.78 is 2.88. The maximum Gasteiger partial charge on any atom is 0.0886 e. The smallest absolute Gasteiger partial charge is 0.0886 e. The summed E-state index contributed by atoms with van der Waals surface area (Å²) in [6.45, 7) is 0. The van der Waals surface area contributed by atoms with Crippen molar-refractivity contribution in [2.75, 3.05) is 0 Å². The second-order valence-electron chi connectivity index (χ2n) is 3.67. The molecule has 2 rings (SSSR count). The molecule has 2 heterocycles. The van der Waals surface area contributed by atoms with Crippen LogP contribution >= 0.6 is 27.3 Å². The van der Waals surface area contributed by atoms with Gasteiger partial charge in [0.15, 0.2) is 0 Å². The molecule has 0 aliphatic carbocycles. The van der Waals surface area contributed by atoms with Crippen LogP contribution in [0.1, 0.15) is 23.1 Å². The highest BCUT2D eigenvalue weighted by Crippen LogP contribution is 2.28. The van der Waals surface area contributed by atoms with Crippen LogP contribution in [0.15, 0.2) is 28.2 Å².